The SMILES string of the molecule is CCCNC(CCN1C(=O)CCC1=O)C(=O)O. The lowest BCUT2D eigenvalue weighted by Gasteiger charge is -2.18. The highest BCUT2D eigenvalue weighted by Gasteiger charge is 2.29. The molecule has 17 heavy (non-hydrogen) atoms. The molecular weight excluding hydrogens is 224 g/mol. The molecule has 2 amide bonds. The summed E-state index contributed by atoms with van der Waals surface area (Å²) >= 11 is 0. The van der Waals surface area contributed by atoms with E-state index in [0.29, 0.717) is 6.54 Å². The minimum atomic E-state index is -0.947. The molecule has 0 spiro atoms. The molecule has 6 nitrogen and oxygen atoms in total. The normalized spacial score (nSPS) is 17.6. The first-order valence-corrected chi connectivity index (χ1v) is 5.85. The number of rotatable bonds is 7. The fraction of sp³-hybridized carbons (Fsp3) is 0.727. The van der Waals surface area contributed by atoms with Crippen LogP contribution in [0.2, 0.25) is 0 Å². The summed E-state index contributed by atoms with van der Waals surface area (Å²) in [7, 11) is 0. The second-order valence-electron chi connectivity index (χ2n) is 4.07. The second-order valence-corrected chi connectivity index (χ2v) is 4.07. The largest absolute Gasteiger partial charge is 0.480 e. The molecule has 1 aliphatic heterocycles. The van der Waals surface area contributed by atoms with Gasteiger partial charge in [0.25, 0.3) is 0 Å². The van der Waals surface area contributed by atoms with Gasteiger partial charge < -0.3 is 10.4 Å². The van der Waals surface area contributed by atoms with Crippen molar-refractivity contribution in [1.29, 1.82) is 0 Å². The Hall–Kier alpha value is -1.43. The summed E-state index contributed by atoms with van der Waals surface area (Å²) in [4.78, 5) is 34.7. The van der Waals surface area contributed by atoms with Crippen LogP contribution < -0.4 is 5.32 Å². The molecule has 0 saturated carbocycles. The first-order chi connectivity index (χ1) is 8.06. The quantitative estimate of drug-likeness (QED) is 0.613. The maximum absolute atomic E-state index is 11.3. The maximum Gasteiger partial charge on any atom is 0.320 e. The molecule has 1 unspecified atom stereocenters. The van der Waals surface area contributed by atoms with Gasteiger partial charge in [0.05, 0.1) is 0 Å². The zero-order valence-corrected chi connectivity index (χ0v) is 9.94. The predicted octanol–water partition coefficient (Wildman–Crippen LogP) is -0.0217. The Labute approximate surface area is 100.0 Å². The van der Waals surface area contributed by atoms with E-state index < -0.39 is 12.0 Å². The number of carbonyl (C=O) groups is 3. The zero-order chi connectivity index (χ0) is 12.8. The molecule has 1 heterocycles. The van der Waals surface area contributed by atoms with E-state index in [2.05, 4.69) is 5.32 Å². The summed E-state index contributed by atoms with van der Waals surface area (Å²) < 4.78 is 0. The monoisotopic (exact) mass is 242 g/mol. The number of nitrogens with one attached hydrogen (secondary N) is 1. The Kier molecular flexibility index (Phi) is 5.09. The predicted molar refractivity (Wildman–Crippen MR) is 60.3 cm³/mol. The molecule has 1 atom stereocenters. The summed E-state index contributed by atoms with van der Waals surface area (Å²) in [6.45, 7) is 2.74. The third-order valence-electron chi connectivity index (χ3n) is 2.74. The van der Waals surface area contributed by atoms with Gasteiger partial charge >= 0.3 is 5.97 Å². The third-order valence-corrected chi connectivity index (χ3v) is 2.74. The maximum atomic E-state index is 11.3. The van der Waals surface area contributed by atoms with Crippen molar-refractivity contribution in [2.75, 3.05) is 13.1 Å². The number of imide groups is 1. The van der Waals surface area contributed by atoms with Crippen molar-refractivity contribution >= 4 is 17.8 Å². The van der Waals surface area contributed by atoms with Crippen molar-refractivity contribution in [3.8, 4) is 0 Å². The van der Waals surface area contributed by atoms with E-state index in [1.54, 1.807) is 0 Å². The van der Waals surface area contributed by atoms with Gasteiger partial charge in [-0.2, -0.15) is 0 Å². The molecule has 0 radical (unpaired) electrons. The van der Waals surface area contributed by atoms with E-state index in [1.807, 2.05) is 6.92 Å². The summed E-state index contributed by atoms with van der Waals surface area (Å²) in [5.41, 5.74) is 0. The molecule has 1 rings (SSSR count). The molecule has 6 heteroatoms. The molecule has 0 bridgehead atoms. The summed E-state index contributed by atoms with van der Waals surface area (Å²) in [6.07, 6.45) is 1.59. The van der Waals surface area contributed by atoms with Crippen molar-refractivity contribution < 1.29 is 19.5 Å². The topological polar surface area (TPSA) is 86.7 Å². The lowest BCUT2D eigenvalue weighted by atomic mass is 10.2. The van der Waals surface area contributed by atoms with Crippen molar-refractivity contribution in [2.45, 2.75) is 38.6 Å². The Morgan fingerprint density at radius 3 is 2.47 bits per heavy atom. The van der Waals surface area contributed by atoms with Crippen molar-refractivity contribution in [2.24, 2.45) is 0 Å². The van der Waals surface area contributed by atoms with Crippen molar-refractivity contribution in [1.82, 2.24) is 10.2 Å². The highest BCUT2D eigenvalue weighted by Crippen LogP contribution is 2.12. The van der Waals surface area contributed by atoms with E-state index in [-0.39, 0.29) is 37.6 Å². The number of hydrogen-bond acceptors (Lipinski definition) is 4. The molecule has 1 aliphatic rings. The minimum absolute atomic E-state index is 0.186. The standard InChI is InChI=1S/C11H18N2O4/c1-2-6-12-8(11(16)17)5-7-13-9(14)3-4-10(13)15/h8,12H,2-7H2,1H3,(H,16,17). The Balaban J connectivity index is 2.43. The van der Waals surface area contributed by atoms with E-state index in [9.17, 15) is 14.4 Å². The molecule has 0 aliphatic carbocycles. The number of carboxylic acids is 1. The van der Waals surface area contributed by atoms with Gasteiger partial charge in [-0.3, -0.25) is 19.3 Å². The molecule has 0 aromatic rings. The van der Waals surface area contributed by atoms with Gasteiger partial charge in [0, 0.05) is 19.4 Å². The fourth-order valence-electron chi connectivity index (χ4n) is 1.76. The smallest absolute Gasteiger partial charge is 0.320 e. The number of likely N-dealkylation sites (tertiary alicyclic amines) is 1. The Morgan fingerprint density at radius 1 is 1.41 bits per heavy atom. The van der Waals surface area contributed by atoms with Crippen LogP contribution in [0.25, 0.3) is 0 Å². The average Bonchev–Trinajstić information content (AvgIpc) is 2.59. The number of carbonyl (C=O) groups excluding carboxylic acids is 2. The molecule has 2 N–H and O–H groups in total. The van der Waals surface area contributed by atoms with Crippen LogP contribution in [0.3, 0.4) is 0 Å². The van der Waals surface area contributed by atoms with Crippen LogP contribution in [0.1, 0.15) is 32.6 Å². The molecule has 0 aromatic carbocycles. The van der Waals surface area contributed by atoms with Crippen molar-refractivity contribution in [3.63, 3.8) is 0 Å². The highest BCUT2D eigenvalue weighted by molar-refractivity contribution is 6.01. The summed E-state index contributed by atoms with van der Waals surface area (Å²) in [5.74, 6) is -1.35. The molecule has 1 saturated heterocycles. The number of nitrogens with zero attached hydrogens (tertiary/aromatic N) is 1. The van der Waals surface area contributed by atoms with Crippen LogP contribution >= 0.6 is 0 Å². The number of carboxylic acid groups (broad SMARTS) is 1. The van der Waals surface area contributed by atoms with Crippen LogP contribution in [0.15, 0.2) is 0 Å². The minimum Gasteiger partial charge on any atom is -0.480 e. The zero-order valence-electron chi connectivity index (χ0n) is 9.94. The van der Waals surface area contributed by atoms with Gasteiger partial charge in [0.1, 0.15) is 6.04 Å². The summed E-state index contributed by atoms with van der Waals surface area (Å²) in [5, 5.41) is 11.8. The van der Waals surface area contributed by atoms with Crippen molar-refractivity contribution in [3.05, 3.63) is 0 Å². The van der Waals surface area contributed by atoms with Gasteiger partial charge in [-0.25, -0.2) is 0 Å². The van der Waals surface area contributed by atoms with Crippen LogP contribution in [0.5, 0.6) is 0 Å². The van der Waals surface area contributed by atoms with Crippen LogP contribution in [-0.4, -0.2) is 46.9 Å². The lowest BCUT2D eigenvalue weighted by molar-refractivity contribution is -0.142. The second kappa shape index (κ2) is 6.34. The molecular formula is C11H18N2O4. The molecule has 96 valence electrons. The first-order valence-electron chi connectivity index (χ1n) is 5.85. The van der Waals surface area contributed by atoms with Gasteiger partial charge in [-0.1, -0.05) is 6.92 Å². The Bertz CT molecular complexity index is 301. The lowest BCUT2D eigenvalue weighted by Crippen LogP contribution is -2.41. The Morgan fingerprint density at radius 2 is 2.00 bits per heavy atom. The average molecular weight is 242 g/mol. The highest BCUT2D eigenvalue weighted by atomic mass is 16.4. The van der Waals surface area contributed by atoms with Gasteiger partial charge in [-0.15, -0.1) is 0 Å². The van der Waals surface area contributed by atoms with E-state index in [1.165, 1.54) is 0 Å². The number of hydrogen-bond donors (Lipinski definition) is 2. The van der Waals surface area contributed by atoms with E-state index in [4.69, 9.17) is 5.11 Å². The van der Waals surface area contributed by atoms with Gasteiger partial charge in [0.2, 0.25) is 11.8 Å². The van der Waals surface area contributed by atoms with E-state index >= 15 is 0 Å². The fourth-order valence-corrected chi connectivity index (χ4v) is 1.76. The van der Waals surface area contributed by atoms with E-state index in [0.717, 1.165) is 11.3 Å². The molecule has 0 aromatic heterocycles. The first kappa shape index (κ1) is 13.6. The number of amides is 2. The summed E-state index contributed by atoms with van der Waals surface area (Å²) in [6, 6.07) is -0.698. The van der Waals surface area contributed by atoms with Gasteiger partial charge in [0.15, 0.2) is 0 Å². The van der Waals surface area contributed by atoms with Gasteiger partial charge in [-0.05, 0) is 19.4 Å². The number of aliphatic carboxylic acids is 1. The van der Waals surface area contributed by atoms with Crippen LogP contribution in [0, 0.1) is 0 Å². The van der Waals surface area contributed by atoms with Crippen LogP contribution in [0.4, 0.5) is 0 Å². The third kappa shape index (κ3) is 3.81. The molecule has 1 fully saturated rings. The van der Waals surface area contributed by atoms with Crippen LogP contribution in [-0.2, 0) is 14.4 Å².